The fourth-order valence-corrected chi connectivity index (χ4v) is 0.600. The Labute approximate surface area is 59.1 Å². The van der Waals surface area contributed by atoms with E-state index in [1.807, 2.05) is 7.05 Å². The Hall–Kier alpha value is -1.32. The van der Waals surface area contributed by atoms with Crippen molar-refractivity contribution >= 4 is 12.2 Å². The van der Waals surface area contributed by atoms with E-state index in [9.17, 15) is 0 Å². The van der Waals surface area contributed by atoms with Crippen LogP contribution in [0.1, 0.15) is 0 Å². The smallest absolute Gasteiger partial charge is 0.175 e. The van der Waals surface area contributed by atoms with Gasteiger partial charge in [-0.05, 0) is 0 Å². The molecule has 0 aliphatic rings. The molecule has 0 saturated heterocycles. The minimum absolute atomic E-state index is 0.779. The van der Waals surface area contributed by atoms with Gasteiger partial charge in [0.05, 0.1) is 13.3 Å². The molecular weight excluding hydrogens is 130 g/mol. The predicted molar refractivity (Wildman–Crippen MR) is 38.4 cm³/mol. The van der Waals surface area contributed by atoms with Gasteiger partial charge in [-0.2, -0.15) is 5.10 Å². The summed E-state index contributed by atoms with van der Waals surface area (Å²) in [6, 6.07) is 1.80. The zero-order valence-corrected chi connectivity index (χ0v) is 5.98. The van der Waals surface area contributed by atoms with Gasteiger partial charge in [0.1, 0.15) is 0 Å². The maximum Gasteiger partial charge on any atom is 0.175 e. The van der Waals surface area contributed by atoms with Gasteiger partial charge in [0.15, 0.2) is 12.2 Å². The van der Waals surface area contributed by atoms with E-state index in [-0.39, 0.29) is 0 Å². The van der Waals surface area contributed by atoms with Gasteiger partial charge in [-0.25, -0.2) is 4.99 Å². The van der Waals surface area contributed by atoms with Crippen LogP contribution >= 0.6 is 0 Å². The van der Waals surface area contributed by atoms with Crippen LogP contribution in [-0.2, 0) is 11.8 Å². The summed E-state index contributed by atoms with van der Waals surface area (Å²) in [6.45, 7) is 0. The van der Waals surface area contributed by atoms with Crippen LogP contribution in [0.4, 0.5) is 5.82 Å². The number of aliphatic imine (C=N–C) groups is 1. The average molecular weight is 139 g/mol. The first kappa shape index (κ1) is 6.80. The number of ether oxygens (including phenoxy) is 1. The fourth-order valence-electron chi connectivity index (χ4n) is 0.600. The van der Waals surface area contributed by atoms with Crippen molar-refractivity contribution in [3.63, 3.8) is 0 Å². The summed E-state index contributed by atoms with van der Waals surface area (Å²) in [4.78, 5) is 3.94. The highest BCUT2D eigenvalue weighted by Crippen LogP contribution is 2.06. The van der Waals surface area contributed by atoms with Crippen LogP contribution in [0, 0.1) is 0 Å². The van der Waals surface area contributed by atoms with Crippen LogP contribution in [-0.4, -0.2) is 23.3 Å². The third-order valence-corrected chi connectivity index (χ3v) is 1.09. The number of aromatic nitrogens is 2. The Bertz CT molecular complexity index is 229. The summed E-state index contributed by atoms with van der Waals surface area (Å²) in [6.07, 6.45) is 3.05. The van der Waals surface area contributed by atoms with E-state index in [1.54, 1.807) is 24.1 Å². The lowest BCUT2D eigenvalue weighted by atomic mass is 10.6. The van der Waals surface area contributed by atoms with E-state index in [0.717, 1.165) is 5.82 Å². The van der Waals surface area contributed by atoms with E-state index in [1.165, 1.54) is 6.40 Å². The largest absolute Gasteiger partial charge is 0.486 e. The van der Waals surface area contributed by atoms with E-state index in [0.29, 0.717) is 0 Å². The van der Waals surface area contributed by atoms with Crippen LogP contribution in [0.3, 0.4) is 0 Å². The lowest BCUT2D eigenvalue weighted by Crippen LogP contribution is -1.88. The Morgan fingerprint density at radius 1 is 1.80 bits per heavy atom. The summed E-state index contributed by atoms with van der Waals surface area (Å²) in [5.41, 5.74) is 0. The summed E-state index contributed by atoms with van der Waals surface area (Å²) in [5, 5.41) is 3.92. The molecule has 0 aromatic carbocycles. The first-order valence-corrected chi connectivity index (χ1v) is 2.88. The minimum Gasteiger partial charge on any atom is -0.486 e. The highest BCUT2D eigenvalue weighted by Gasteiger charge is 1.90. The van der Waals surface area contributed by atoms with Gasteiger partial charge in [0.25, 0.3) is 0 Å². The number of methoxy groups -OCH3 is 1. The predicted octanol–water partition coefficient (Wildman–Crippen LogP) is 0.726. The second-order valence-electron chi connectivity index (χ2n) is 1.78. The van der Waals surface area contributed by atoms with Crippen LogP contribution in [0.5, 0.6) is 0 Å². The molecule has 54 valence electrons. The summed E-state index contributed by atoms with van der Waals surface area (Å²) >= 11 is 0. The van der Waals surface area contributed by atoms with Gasteiger partial charge < -0.3 is 4.74 Å². The molecule has 0 aliphatic heterocycles. The normalized spacial score (nSPS) is 10.6. The van der Waals surface area contributed by atoms with Gasteiger partial charge in [-0.3, -0.25) is 4.68 Å². The second-order valence-corrected chi connectivity index (χ2v) is 1.78. The van der Waals surface area contributed by atoms with Crippen molar-refractivity contribution in [3.8, 4) is 0 Å². The standard InChI is InChI=1S/C6H9N3O/c1-9-6(3-4-8-9)7-5-10-2/h3-5H,1-2H3/b7-5-. The van der Waals surface area contributed by atoms with Gasteiger partial charge in [-0.15, -0.1) is 0 Å². The van der Waals surface area contributed by atoms with E-state index >= 15 is 0 Å². The molecule has 0 fully saturated rings. The Kier molecular flexibility index (Phi) is 2.04. The maximum absolute atomic E-state index is 4.64. The zero-order valence-electron chi connectivity index (χ0n) is 5.98. The van der Waals surface area contributed by atoms with Crippen molar-refractivity contribution in [1.29, 1.82) is 0 Å². The Morgan fingerprint density at radius 3 is 3.10 bits per heavy atom. The molecule has 1 aromatic heterocycles. The first-order valence-electron chi connectivity index (χ1n) is 2.88. The molecule has 1 aromatic rings. The van der Waals surface area contributed by atoms with E-state index in [4.69, 9.17) is 0 Å². The van der Waals surface area contributed by atoms with E-state index in [2.05, 4.69) is 14.8 Å². The third-order valence-electron chi connectivity index (χ3n) is 1.09. The molecule has 1 heterocycles. The van der Waals surface area contributed by atoms with Gasteiger partial charge in [0, 0.05) is 13.1 Å². The lowest BCUT2D eigenvalue weighted by molar-refractivity contribution is 0.422. The number of rotatable bonds is 2. The fraction of sp³-hybridized carbons (Fsp3) is 0.333. The number of nitrogens with zero attached hydrogens (tertiary/aromatic N) is 3. The van der Waals surface area contributed by atoms with E-state index < -0.39 is 0 Å². The van der Waals surface area contributed by atoms with Crippen molar-refractivity contribution in [2.75, 3.05) is 7.11 Å². The third kappa shape index (κ3) is 1.34. The highest BCUT2D eigenvalue weighted by atomic mass is 16.5. The van der Waals surface area contributed by atoms with Crippen molar-refractivity contribution < 1.29 is 4.74 Å². The molecule has 0 radical (unpaired) electrons. The molecule has 10 heavy (non-hydrogen) atoms. The highest BCUT2D eigenvalue weighted by molar-refractivity contribution is 5.52. The van der Waals surface area contributed by atoms with Crippen molar-refractivity contribution in [3.05, 3.63) is 12.3 Å². The lowest BCUT2D eigenvalue weighted by Gasteiger charge is -1.91. The molecule has 0 atom stereocenters. The first-order chi connectivity index (χ1) is 4.84. The average Bonchev–Trinajstić information content (AvgIpc) is 2.31. The zero-order chi connectivity index (χ0) is 7.40. The molecule has 0 N–H and O–H groups in total. The molecule has 0 bridgehead atoms. The van der Waals surface area contributed by atoms with Crippen LogP contribution in [0.15, 0.2) is 17.3 Å². The van der Waals surface area contributed by atoms with Crippen LogP contribution in [0.2, 0.25) is 0 Å². The molecule has 4 heteroatoms. The molecule has 0 spiro atoms. The number of hydrogen-bond donors (Lipinski definition) is 0. The quantitative estimate of drug-likeness (QED) is 0.447. The monoisotopic (exact) mass is 139 g/mol. The van der Waals surface area contributed by atoms with Gasteiger partial charge in [-0.1, -0.05) is 0 Å². The molecule has 4 nitrogen and oxygen atoms in total. The number of hydrogen-bond acceptors (Lipinski definition) is 3. The molecule has 0 unspecified atom stereocenters. The molecule has 0 aliphatic carbocycles. The van der Waals surface area contributed by atoms with Gasteiger partial charge >= 0.3 is 0 Å². The van der Waals surface area contributed by atoms with Crippen molar-refractivity contribution in [2.24, 2.45) is 12.0 Å². The summed E-state index contributed by atoms with van der Waals surface area (Å²) in [7, 11) is 3.38. The summed E-state index contributed by atoms with van der Waals surface area (Å²) in [5.74, 6) is 0.779. The molecule has 0 amide bonds. The van der Waals surface area contributed by atoms with Crippen LogP contribution in [0.25, 0.3) is 0 Å². The molecule has 0 saturated carbocycles. The minimum atomic E-state index is 0.779. The molecular formula is C6H9N3O. The van der Waals surface area contributed by atoms with Crippen molar-refractivity contribution in [1.82, 2.24) is 9.78 Å². The Balaban J connectivity index is 2.74. The van der Waals surface area contributed by atoms with Crippen LogP contribution < -0.4 is 0 Å². The number of aryl methyl sites for hydroxylation is 1. The van der Waals surface area contributed by atoms with Crippen molar-refractivity contribution in [2.45, 2.75) is 0 Å². The maximum atomic E-state index is 4.64. The second kappa shape index (κ2) is 3.00. The van der Waals surface area contributed by atoms with Gasteiger partial charge in [0.2, 0.25) is 0 Å². The Morgan fingerprint density at radius 2 is 2.60 bits per heavy atom. The summed E-state index contributed by atoms with van der Waals surface area (Å²) < 4.78 is 6.30. The molecule has 1 rings (SSSR count). The topological polar surface area (TPSA) is 39.4 Å². The SMILES string of the molecule is CO/C=N\c1ccnn1C.